The summed E-state index contributed by atoms with van der Waals surface area (Å²) in [6.07, 6.45) is 12.2. The van der Waals surface area contributed by atoms with Crippen LogP contribution in [0.2, 0.25) is 0 Å². The topological polar surface area (TPSA) is 85.2 Å². The SMILES string of the molecule is Cn1cc(-c2ccncc2/C=C/C(=O)Nc2ccc(CN3CCOCC3)cn2)cn1. The van der Waals surface area contributed by atoms with Crippen molar-refractivity contribution in [3.63, 3.8) is 0 Å². The molecule has 0 unspecified atom stereocenters. The lowest BCUT2D eigenvalue weighted by Gasteiger charge is -2.26. The van der Waals surface area contributed by atoms with Gasteiger partial charge in [0.25, 0.3) is 0 Å². The van der Waals surface area contributed by atoms with Crippen molar-refractivity contribution >= 4 is 17.8 Å². The molecule has 0 spiro atoms. The van der Waals surface area contributed by atoms with Crippen molar-refractivity contribution in [1.29, 1.82) is 0 Å². The number of carbonyl (C=O) groups excluding carboxylic acids is 1. The molecule has 0 atom stereocenters. The van der Waals surface area contributed by atoms with Crippen LogP contribution < -0.4 is 5.32 Å². The Bertz CT molecular complexity index is 1020. The number of hydrogen-bond acceptors (Lipinski definition) is 6. The fourth-order valence-corrected chi connectivity index (χ4v) is 3.31. The van der Waals surface area contributed by atoms with E-state index in [1.165, 1.54) is 6.08 Å². The van der Waals surface area contributed by atoms with Gasteiger partial charge in [0.2, 0.25) is 5.91 Å². The highest BCUT2D eigenvalue weighted by atomic mass is 16.5. The number of aryl methyl sites for hydroxylation is 1. The van der Waals surface area contributed by atoms with E-state index in [2.05, 4.69) is 25.3 Å². The van der Waals surface area contributed by atoms with Crippen LogP contribution in [0, 0.1) is 0 Å². The molecular weight excluding hydrogens is 380 g/mol. The molecule has 0 aromatic carbocycles. The van der Waals surface area contributed by atoms with E-state index in [4.69, 9.17) is 4.74 Å². The normalized spacial score (nSPS) is 14.8. The van der Waals surface area contributed by atoms with Gasteiger partial charge in [-0.25, -0.2) is 4.98 Å². The number of aromatic nitrogens is 4. The van der Waals surface area contributed by atoms with Crippen LogP contribution in [0.3, 0.4) is 0 Å². The molecule has 154 valence electrons. The lowest BCUT2D eigenvalue weighted by atomic mass is 10.0. The second kappa shape index (κ2) is 9.43. The highest BCUT2D eigenvalue weighted by Gasteiger charge is 2.11. The number of nitrogens with zero attached hydrogens (tertiary/aromatic N) is 5. The summed E-state index contributed by atoms with van der Waals surface area (Å²) in [6, 6.07) is 5.72. The second-order valence-corrected chi connectivity index (χ2v) is 7.13. The van der Waals surface area contributed by atoms with Crippen LogP contribution >= 0.6 is 0 Å². The van der Waals surface area contributed by atoms with Crippen LogP contribution in [0.4, 0.5) is 5.82 Å². The zero-order valence-corrected chi connectivity index (χ0v) is 16.9. The first-order valence-corrected chi connectivity index (χ1v) is 9.84. The number of morpholine rings is 1. The van der Waals surface area contributed by atoms with Gasteiger partial charge in [-0.1, -0.05) is 6.07 Å². The first-order chi connectivity index (χ1) is 14.7. The Morgan fingerprint density at radius 3 is 2.80 bits per heavy atom. The Balaban J connectivity index is 1.37. The van der Waals surface area contributed by atoms with E-state index >= 15 is 0 Å². The Kier molecular flexibility index (Phi) is 6.26. The zero-order chi connectivity index (χ0) is 20.8. The van der Waals surface area contributed by atoms with Gasteiger partial charge in [0.15, 0.2) is 0 Å². The first-order valence-electron chi connectivity index (χ1n) is 9.84. The molecule has 3 aromatic heterocycles. The third-order valence-electron chi connectivity index (χ3n) is 4.87. The number of hydrogen-bond donors (Lipinski definition) is 1. The Hall–Kier alpha value is -3.36. The molecule has 1 amide bonds. The van der Waals surface area contributed by atoms with Crippen LogP contribution in [-0.2, 0) is 23.1 Å². The Labute approximate surface area is 175 Å². The quantitative estimate of drug-likeness (QED) is 0.635. The number of amides is 1. The number of anilines is 1. The van der Waals surface area contributed by atoms with Gasteiger partial charge in [0.1, 0.15) is 5.82 Å². The van der Waals surface area contributed by atoms with Crippen LogP contribution in [0.25, 0.3) is 17.2 Å². The Morgan fingerprint density at radius 1 is 1.20 bits per heavy atom. The molecule has 4 rings (SSSR count). The predicted molar refractivity (Wildman–Crippen MR) is 114 cm³/mol. The summed E-state index contributed by atoms with van der Waals surface area (Å²) >= 11 is 0. The standard InChI is InChI=1S/C22H24N6O2/c1-27-16-19(14-25-27)20-6-7-23-13-18(20)3-5-22(29)26-21-4-2-17(12-24-21)15-28-8-10-30-11-9-28/h2-7,12-14,16H,8-11,15H2,1H3,(H,24,26,29)/b5-3+. The maximum atomic E-state index is 12.3. The summed E-state index contributed by atoms with van der Waals surface area (Å²) in [4.78, 5) is 23.2. The molecule has 4 heterocycles. The molecule has 1 aliphatic heterocycles. The second-order valence-electron chi connectivity index (χ2n) is 7.13. The molecular formula is C22H24N6O2. The summed E-state index contributed by atoms with van der Waals surface area (Å²) in [5.41, 5.74) is 3.89. The molecule has 1 N–H and O–H groups in total. The summed E-state index contributed by atoms with van der Waals surface area (Å²) in [5.74, 6) is 0.276. The van der Waals surface area contributed by atoms with Crippen LogP contribution in [0.1, 0.15) is 11.1 Å². The van der Waals surface area contributed by atoms with Gasteiger partial charge in [-0.15, -0.1) is 0 Å². The van der Waals surface area contributed by atoms with Gasteiger partial charge in [-0.05, 0) is 29.3 Å². The third kappa shape index (κ3) is 5.16. The molecule has 0 aliphatic carbocycles. The lowest BCUT2D eigenvalue weighted by molar-refractivity contribution is -0.111. The molecule has 0 saturated carbocycles. The third-order valence-corrected chi connectivity index (χ3v) is 4.87. The van der Waals surface area contributed by atoms with Crippen LogP contribution in [0.15, 0.2) is 55.3 Å². The number of pyridine rings is 2. The molecule has 3 aromatic rings. The first kappa shape index (κ1) is 19.9. The van der Waals surface area contributed by atoms with E-state index in [9.17, 15) is 4.79 Å². The summed E-state index contributed by atoms with van der Waals surface area (Å²) in [6.45, 7) is 4.24. The van der Waals surface area contributed by atoms with Crippen molar-refractivity contribution in [3.05, 3.63) is 66.4 Å². The zero-order valence-electron chi connectivity index (χ0n) is 16.9. The van der Waals surface area contributed by atoms with Crippen molar-refractivity contribution < 1.29 is 9.53 Å². The van der Waals surface area contributed by atoms with Crippen molar-refractivity contribution in [2.45, 2.75) is 6.54 Å². The minimum absolute atomic E-state index is 0.246. The largest absolute Gasteiger partial charge is 0.379 e. The lowest BCUT2D eigenvalue weighted by Crippen LogP contribution is -2.35. The molecule has 8 nitrogen and oxygen atoms in total. The summed E-state index contributed by atoms with van der Waals surface area (Å²) in [7, 11) is 1.87. The highest BCUT2D eigenvalue weighted by Crippen LogP contribution is 2.23. The van der Waals surface area contributed by atoms with Crippen LogP contribution in [0.5, 0.6) is 0 Å². The Morgan fingerprint density at radius 2 is 2.07 bits per heavy atom. The minimum Gasteiger partial charge on any atom is -0.379 e. The van der Waals surface area contributed by atoms with Crippen molar-refractivity contribution in [1.82, 2.24) is 24.6 Å². The fourth-order valence-electron chi connectivity index (χ4n) is 3.31. The smallest absolute Gasteiger partial charge is 0.249 e. The van der Waals surface area contributed by atoms with Gasteiger partial charge in [0, 0.05) is 68.7 Å². The van der Waals surface area contributed by atoms with E-state index in [0.717, 1.165) is 55.1 Å². The number of nitrogens with one attached hydrogen (secondary N) is 1. The highest BCUT2D eigenvalue weighted by molar-refractivity contribution is 6.01. The van der Waals surface area contributed by atoms with Gasteiger partial charge < -0.3 is 10.1 Å². The average Bonchev–Trinajstić information content (AvgIpc) is 3.21. The average molecular weight is 404 g/mol. The molecule has 0 radical (unpaired) electrons. The van der Waals surface area contributed by atoms with Crippen molar-refractivity contribution in [2.24, 2.45) is 7.05 Å². The van der Waals surface area contributed by atoms with Gasteiger partial charge in [-0.3, -0.25) is 19.4 Å². The molecule has 1 aliphatic rings. The van der Waals surface area contributed by atoms with Gasteiger partial charge in [0.05, 0.1) is 19.4 Å². The maximum Gasteiger partial charge on any atom is 0.249 e. The fraction of sp³-hybridized carbons (Fsp3) is 0.273. The molecule has 30 heavy (non-hydrogen) atoms. The van der Waals surface area contributed by atoms with E-state index in [0.29, 0.717) is 5.82 Å². The van der Waals surface area contributed by atoms with Crippen molar-refractivity contribution in [2.75, 3.05) is 31.6 Å². The molecule has 1 fully saturated rings. The number of ether oxygens (including phenoxy) is 1. The maximum absolute atomic E-state index is 12.3. The minimum atomic E-state index is -0.246. The van der Waals surface area contributed by atoms with E-state index in [1.54, 1.807) is 35.5 Å². The van der Waals surface area contributed by atoms with Gasteiger partial charge >= 0.3 is 0 Å². The number of rotatable bonds is 6. The monoisotopic (exact) mass is 404 g/mol. The molecule has 1 saturated heterocycles. The molecule has 0 bridgehead atoms. The van der Waals surface area contributed by atoms with Gasteiger partial charge in [-0.2, -0.15) is 5.10 Å². The van der Waals surface area contributed by atoms with E-state index < -0.39 is 0 Å². The van der Waals surface area contributed by atoms with Crippen molar-refractivity contribution in [3.8, 4) is 11.1 Å². The molecule has 8 heteroatoms. The summed E-state index contributed by atoms with van der Waals surface area (Å²) in [5, 5.41) is 7.00. The number of carbonyl (C=O) groups is 1. The van der Waals surface area contributed by atoms with Crippen LogP contribution in [-0.4, -0.2) is 56.9 Å². The predicted octanol–water partition coefficient (Wildman–Crippen LogP) is 2.36. The summed E-state index contributed by atoms with van der Waals surface area (Å²) < 4.78 is 7.11. The van der Waals surface area contributed by atoms with E-state index in [1.807, 2.05) is 31.4 Å². The van der Waals surface area contributed by atoms with E-state index in [-0.39, 0.29) is 5.91 Å².